The number of nitrogens with two attached hydrogens (primary N) is 1. The van der Waals surface area contributed by atoms with E-state index in [0.29, 0.717) is 35.5 Å². The number of nitrogens with one attached hydrogen (secondary N) is 1. The number of rotatable bonds is 2. The number of carbonyl (C=O) groups excluding carboxylic acids is 1. The first-order valence-corrected chi connectivity index (χ1v) is 7.62. The number of nitrogens with zero attached hydrogens (tertiary/aromatic N) is 2. The maximum Gasteiger partial charge on any atom is 0.275 e. The molecule has 1 aromatic heterocycles. The highest BCUT2D eigenvalue weighted by Crippen LogP contribution is 2.25. The standard InChI is InChI=1S/C16H20N4O2/c1-10-5-4-8-20(13(10)9-17)16(22)14-11-6-2-3-7-12(11)15(21)19-18-14/h2-3,6-7,10,13H,4-5,8-9,17H2,1H3,(H,19,21)/t10-,13+/m1/s1. The Morgan fingerprint density at radius 3 is 2.86 bits per heavy atom. The Morgan fingerprint density at radius 2 is 2.14 bits per heavy atom. The van der Waals surface area contributed by atoms with Gasteiger partial charge in [-0.15, -0.1) is 0 Å². The number of hydrogen-bond acceptors (Lipinski definition) is 4. The van der Waals surface area contributed by atoms with Crippen LogP contribution in [0.1, 0.15) is 30.3 Å². The molecule has 2 atom stereocenters. The molecule has 1 aliphatic heterocycles. The maximum atomic E-state index is 12.9. The van der Waals surface area contributed by atoms with Crippen LogP contribution in [0.3, 0.4) is 0 Å². The molecule has 0 radical (unpaired) electrons. The zero-order valence-electron chi connectivity index (χ0n) is 12.6. The topological polar surface area (TPSA) is 92.1 Å². The molecular formula is C16H20N4O2. The minimum Gasteiger partial charge on any atom is -0.333 e. The number of likely N-dealkylation sites (tertiary alicyclic amines) is 1. The molecule has 2 aromatic rings. The minimum atomic E-state index is -0.283. The van der Waals surface area contributed by atoms with Crippen molar-refractivity contribution in [3.05, 3.63) is 40.3 Å². The molecule has 0 spiro atoms. The Balaban J connectivity index is 2.05. The number of amides is 1. The third kappa shape index (κ3) is 2.39. The smallest absolute Gasteiger partial charge is 0.275 e. The summed E-state index contributed by atoms with van der Waals surface area (Å²) in [6, 6.07) is 7.06. The molecule has 0 aliphatic carbocycles. The van der Waals surface area contributed by atoms with E-state index in [1.807, 2.05) is 0 Å². The van der Waals surface area contributed by atoms with Crippen LogP contribution in [0.5, 0.6) is 0 Å². The van der Waals surface area contributed by atoms with Crippen LogP contribution in [0.15, 0.2) is 29.1 Å². The van der Waals surface area contributed by atoms with Crippen LogP contribution in [0.25, 0.3) is 10.8 Å². The molecule has 3 N–H and O–H groups in total. The molecule has 6 nitrogen and oxygen atoms in total. The van der Waals surface area contributed by atoms with Crippen molar-refractivity contribution in [2.24, 2.45) is 11.7 Å². The van der Waals surface area contributed by atoms with E-state index >= 15 is 0 Å². The molecule has 3 rings (SSSR count). The van der Waals surface area contributed by atoms with Crippen LogP contribution in [-0.4, -0.2) is 40.1 Å². The van der Waals surface area contributed by atoms with Gasteiger partial charge in [-0.3, -0.25) is 9.59 Å². The van der Waals surface area contributed by atoms with E-state index in [9.17, 15) is 9.59 Å². The van der Waals surface area contributed by atoms with Gasteiger partial charge in [-0.2, -0.15) is 5.10 Å². The molecule has 1 aliphatic rings. The molecule has 2 heterocycles. The van der Waals surface area contributed by atoms with Gasteiger partial charge < -0.3 is 10.6 Å². The SMILES string of the molecule is C[C@@H]1CCCN(C(=O)c2n[nH]c(=O)c3ccccc23)[C@H]1CN. The summed E-state index contributed by atoms with van der Waals surface area (Å²) < 4.78 is 0. The molecule has 1 fully saturated rings. The van der Waals surface area contributed by atoms with Crippen molar-refractivity contribution in [2.45, 2.75) is 25.8 Å². The number of aromatic amines is 1. The second kappa shape index (κ2) is 5.88. The summed E-state index contributed by atoms with van der Waals surface area (Å²) in [4.78, 5) is 26.6. The lowest BCUT2D eigenvalue weighted by Crippen LogP contribution is -2.51. The molecule has 1 aromatic carbocycles. The van der Waals surface area contributed by atoms with Crippen LogP contribution in [0, 0.1) is 5.92 Å². The molecule has 0 saturated carbocycles. The van der Waals surface area contributed by atoms with Gasteiger partial charge in [0.2, 0.25) is 0 Å². The fourth-order valence-electron chi connectivity index (χ4n) is 3.27. The van der Waals surface area contributed by atoms with Gasteiger partial charge in [0.05, 0.1) is 5.39 Å². The van der Waals surface area contributed by atoms with Crippen LogP contribution in [-0.2, 0) is 0 Å². The van der Waals surface area contributed by atoms with E-state index in [-0.39, 0.29) is 17.5 Å². The van der Waals surface area contributed by atoms with Crippen molar-refractivity contribution in [1.82, 2.24) is 15.1 Å². The number of benzene rings is 1. The van der Waals surface area contributed by atoms with Crippen molar-refractivity contribution in [3.8, 4) is 0 Å². The van der Waals surface area contributed by atoms with Crippen LogP contribution >= 0.6 is 0 Å². The first-order valence-electron chi connectivity index (χ1n) is 7.62. The summed E-state index contributed by atoms with van der Waals surface area (Å²) in [6.45, 7) is 3.24. The van der Waals surface area contributed by atoms with Crippen molar-refractivity contribution in [3.63, 3.8) is 0 Å². The summed E-state index contributed by atoms with van der Waals surface area (Å²) in [5, 5.41) is 7.50. The number of H-pyrrole nitrogens is 1. The van der Waals surface area contributed by atoms with Gasteiger partial charge >= 0.3 is 0 Å². The number of fused-ring (bicyclic) bond motifs is 1. The highest BCUT2D eigenvalue weighted by atomic mass is 16.2. The van der Waals surface area contributed by atoms with Crippen molar-refractivity contribution in [2.75, 3.05) is 13.1 Å². The van der Waals surface area contributed by atoms with Crippen LogP contribution < -0.4 is 11.3 Å². The molecule has 1 saturated heterocycles. The quantitative estimate of drug-likeness (QED) is 0.869. The number of aromatic nitrogens is 2. The second-order valence-electron chi connectivity index (χ2n) is 5.87. The van der Waals surface area contributed by atoms with Crippen molar-refractivity contribution < 1.29 is 4.79 Å². The van der Waals surface area contributed by atoms with Gasteiger partial charge in [-0.05, 0) is 24.8 Å². The molecular weight excluding hydrogens is 280 g/mol. The highest BCUT2D eigenvalue weighted by Gasteiger charge is 2.32. The van der Waals surface area contributed by atoms with Crippen LogP contribution in [0.4, 0.5) is 0 Å². The Kier molecular flexibility index (Phi) is 3.94. The fourth-order valence-corrected chi connectivity index (χ4v) is 3.27. The summed E-state index contributed by atoms with van der Waals surface area (Å²) in [7, 11) is 0. The van der Waals surface area contributed by atoms with Crippen molar-refractivity contribution >= 4 is 16.7 Å². The lowest BCUT2D eigenvalue weighted by molar-refractivity contribution is 0.0527. The van der Waals surface area contributed by atoms with E-state index in [2.05, 4.69) is 17.1 Å². The third-order valence-corrected chi connectivity index (χ3v) is 4.52. The molecule has 116 valence electrons. The first kappa shape index (κ1) is 14.7. The average Bonchev–Trinajstić information content (AvgIpc) is 2.54. The Labute approximate surface area is 128 Å². The van der Waals surface area contributed by atoms with E-state index in [1.54, 1.807) is 29.2 Å². The number of carbonyl (C=O) groups is 1. The zero-order chi connectivity index (χ0) is 15.7. The number of hydrogen-bond donors (Lipinski definition) is 2. The summed E-state index contributed by atoms with van der Waals surface area (Å²) in [6.07, 6.45) is 2.04. The molecule has 22 heavy (non-hydrogen) atoms. The summed E-state index contributed by atoms with van der Waals surface area (Å²) >= 11 is 0. The van der Waals surface area contributed by atoms with Gasteiger partial charge in [0.15, 0.2) is 5.69 Å². The van der Waals surface area contributed by atoms with E-state index in [0.717, 1.165) is 12.8 Å². The van der Waals surface area contributed by atoms with Crippen LogP contribution in [0.2, 0.25) is 0 Å². The van der Waals surface area contributed by atoms with Gasteiger partial charge in [0.25, 0.3) is 11.5 Å². The largest absolute Gasteiger partial charge is 0.333 e. The summed E-state index contributed by atoms with van der Waals surface area (Å²) in [5.41, 5.74) is 5.88. The Bertz CT molecular complexity index is 755. The maximum absolute atomic E-state index is 12.9. The van der Waals surface area contributed by atoms with Gasteiger partial charge in [0, 0.05) is 24.5 Å². The van der Waals surface area contributed by atoms with E-state index in [1.165, 1.54) is 0 Å². The van der Waals surface area contributed by atoms with Crippen molar-refractivity contribution in [1.29, 1.82) is 0 Å². The predicted molar refractivity (Wildman–Crippen MR) is 84.6 cm³/mol. The predicted octanol–water partition coefficient (Wildman–Crippen LogP) is 1.12. The summed E-state index contributed by atoms with van der Waals surface area (Å²) in [5.74, 6) is 0.214. The third-order valence-electron chi connectivity index (χ3n) is 4.52. The van der Waals surface area contributed by atoms with Gasteiger partial charge in [-0.1, -0.05) is 25.1 Å². The van der Waals surface area contributed by atoms with Gasteiger partial charge in [0.1, 0.15) is 0 Å². The lowest BCUT2D eigenvalue weighted by atomic mass is 9.90. The minimum absolute atomic E-state index is 0.0220. The average molecular weight is 300 g/mol. The zero-order valence-corrected chi connectivity index (χ0v) is 12.6. The normalized spacial score (nSPS) is 22.0. The Morgan fingerprint density at radius 1 is 1.41 bits per heavy atom. The highest BCUT2D eigenvalue weighted by molar-refractivity contribution is 6.04. The molecule has 0 bridgehead atoms. The number of piperidine rings is 1. The van der Waals surface area contributed by atoms with E-state index in [4.69, 9.17) is 5.73 Å². The Hall–Kier alpha value is -2.21. The van der Waals surface area contributed by atoms with E-state index < -0.39 is 0 Å². The first-order chi connectivity index (χ1) is 10.6. The molecule has 1 amide bonds. The second-order valence-corrected chi connectivity index (χ2v) is 5.87. The fraction of sp³-hybridized carbons (Fsp3) is 0.438. The molecule has 6 heteroatoms. The molecule has 0 unspecified atom stereocenters. The lowest BCUT2D eigenvalue weighted by Gasteiger charge is -2.39. The monoisotopic (exact) mass is 300 g/mol. The van der Waals surface area contributed by atoms with Gasteiger partial charge in [-0.25, -0.2) is 5.10 Å².